The molecule has 0 aliphatic carbocycles. The Morgan fingerprint density at radius 3 is 2.44 bits per heavy atom. The van der Waals surface area contributed by atoms with Crippen molar-refractivity contribution in [3.8, 4) is 0 Å². The molecule has 0 spiro atoms. The molecular weight excluding hydrogens is 360 g/mol. The Balaban J connectivity index is 2.14. The van der Waals surface area contributed by atoms with Crippen LogP contribution in [0, 0.1) is 5.92 Å². The van der Waals surface area contributed by atoms with E-state index in [1.807, 2.05) is 38.1 Å². The fraction of sp³-hybridized carbons (Fsp3) is 0.650. The van der Waals surface area contributed by atoms with Crippen molar-refractivity contribution in [1.29, 1.82) is 0 Å². The van der Waals surface area contributed by atoms with Crippen LogP contribution in [-0.4, -0.2) is 45.0 Å². The number of sulfonamides is 1. The van der Waals surface area contributed by atoms with Gasteiger partial charge in [0.05, 0.1) is 12.3 Å². The summed E-state index contributed by atoms with van der Waals surface area (Å²) in [5.74, 6) is 1.67. The Bertz CT molecular complexity index is 723. The van der Waals surface area contributed by atoms with Crippen LogP contribution in [0.2, 0.25) is 0 Å². The summed E-state index contributed by atoms with van der Waals surface area (Å²) in [7, 11) is -3.36. The van der Waals surface area contributed by atoms with E-state index >= 15 is 0 Å². The number of guanidine groups is 1. The van der Waals surface area contributed by atoms with Crippen LogP contribution in [0.4, 0.5) is 0 Å². The maximum Gasteiger partial charge on any atom is 0.216 e. The van der Waals surface area contributed by atoms with Gasteiger partial charge in [-0.3, -0.25) is 0 Å². The van der Waals surface area contributed by atoms with E-state index in [2.05, 4.69) is 28.8 Å². The van der Waals surface area contributed by atoms with Crippen LogP contribution in [0.5, 0.6) is 0 Å². The highest BCUT2D eigenvalue weighted by molar-refractivity contribution is 7.88. The third-order valence-electron chi connectivity index (χ3n) is 4.70. The first-order chi connectivity index (χ1) is 12.8. The minimum absolute atomic E-state index is 0.0192. The molecule has 6 nitrogen and oxygen atoms in total. The highest BCUT2D eigenvalue weighted by atomic mass is 32.2. The summed E-state index contributed by atoms with van der Waals surface area (Å²) in [6.45, 7) is 11.3. The first-order valence-electron chi connectivity index (χ1n) is 9.90. The molecule has 0 aromatic heterocycles. The Morgan fingerprint density at radius 2 is 1.85 bits per heavy atom. The molecule has 1 saturated heterocycles. The van der Waals surface area contributed by atoms with Crippen LogP contribution in [0.25, 0.3) is 0 Å². The van der Waals surface area contributed by atoms with Gasteiger partial charge in [-0.2, -0.15) is 0 Å². The van der Waals surface area contributed by atoms with E-state index in [0.29, 0.717) is 6.54 Å². The smallest absolute Gasteiger partial charge is 0.216 e. The number of nitrogens with one attached hydrogen (secondary N) is 2. The predicted octanol–water partition coefficient (Wildman–Crippen LogP) is 2.71. The highest BCUT2D eigenvalue weighted by Crippen LogP contribution is 2.17. The summed E-state index contributed by atoms with van der Waals surface area (Å²) in [5.41, 5.74) is 1.75. The van der Waals surface area contributed by atoms with Crippen molar-refractivity contribution in [3.05, 3.63) is 35.4 Å². The van der Waals surface area contributed by atoms with Crippen molar-refractivity contribution < 1.29 is 8.42 Å². The highest BCUT2D eigenvalue weighted by Gasteiger charge is 2.19. The average molecular weight is 395 g/mol. The lowest BCUT2D eigenvalue weighted by Gasteiger charge is -2.33. The monoisotopic (exact) mass is 394 g/mol. The lowest BCUT2D eigenvalue weighted by Crippen LogP contribution is -2.45. The summed E-state index contributed by atoms with van der Waals surface area (Å²) in [6, 6.07) is 7.55. The van der Waals surface area contributed by atoms with E-state index in [-0.39, 0.29) is 11.8 Å². The minimum atomic E-state index is -3.36. The molecule has 0 saturated carbocycles. The molecule has 0 amide bonds. The number of hydrogen-bond acceptors (Lipinski definition) is 3. The third kappa shape index (κ3) is 7.14. The average Bonchev–Trinajstić information content (AvgIpc) is 2.59. The van der Waals surface area contributed by atoms with E-state index in [1.165, 1.54) is 12.8 Å². The van der Waals surface area contributed by atoms with Crippen molar-refractivity contribution in [2.24, 2.45) is 10.9 Å². The number of aliphatic imine (C=N–C) groups is 1. The van der Waals surface area contributed by atoms with Crippen LogP contribution in [0.1, 0.15) is 51.7 Å². The van der Waals surface area contributed by atoms with Crippen LogP contribution in [-0.2, 0) is 22.3 Å². The second-order valence-electron chi connectivity index (χ2n) is 7.64. The van der Waals surface area contributed by atoms with Gasteiger partial charge in [-0.1, -0.05) is 31.2 Å². The Labute approximate surface area is 164 Å². The molecule has 1 aromatic rings. The SMILES string of the molecule is CCNC(=NCc1ccccc1CS(=O)(=O)NC(C)C)N1CCC(C)CC1. The maximum absolute atomic E-state index is 12.3. The topological polar surface area (TPSA) is 73.8 Å². The zero-order valence-corrected chi connectivity index (χ0v) is 17.8. The van der Waals surface area contributed by atoms with E-state index < -0.39 is 10.0 Å². The molecule has 7 heteroatoms. The molecule has 2 rings (SSSR count). The Morgan fingerprint density at radius 1 is 1.22 bits per heavy atom. The lowest BCUT2D eigenvalue weighted by atomic mass is 9.99. The van der Waals surface area contributed by atoms with E-state index in [9.17, 15) is 8.42 Å². The van der Waals surface area contributed by atoms with Crippen molar-refractivity contribution in [2.45, 2.75) is 58.9 Å². The quantitative estimate of drug-likeness (QED) is 0.551. The molecular formula is C20H34N4O2S. The molecule has 1 fully saturated rings. The van der Waals surface area contributed by atoms with Gasteiger partial charge in [0.25, 0.3) is 0 Å². The fourth-order valence-electron chi connectivity index (χ4n) is 3.26. The van der Waals surface area contributed by atoms with Gasteiger partial charge in [-0.15, -0.1) is 0 Å². The van der Waals surface area contributed by atoms with Crippen molar-refractivity contribution in [3.63, 3.8) is 0 Å². The minimum Gasteiger partial charge on any atom is -0.357 e. The molecule has 0 radical (unpaired) electrons. The van der Waals surface area contributed by atoms with Crippen molar-refractivity contribution in [1.82, 2.24) is 14.9 Å². The number of piperidine rings is 1. The van der Waals surface area contributed by atoms with Gasteiger partial charge in [-0.25, -0.2) is 18.1 Å². The second-order valence-corrected chi connectivity index (χ2v) is 9.39. The number of hydrogen-bond donors (Lipinski definition) is 2. The van der Waals surface area contributed by atoms with Crippen LogP contribution >= 0.6 is 0 Å². The lowest BCUT2D eigenvalue weighted by molar-refractivity contribution is 0.273. The second kappa shape index (κ2) is 10.1. The molecule has 1 aliphatic rings. The summed E-state index contributed by atoms with van der Waals surface area (Å²) >= 11 is 0. The molecule has 0 atom stereocenters. The molecule has 2 N–H and O–H groups in total. The molecule has 152 valence electrons. The number of likely N-dealkylation sites (tertiary alicyclic amines) is 1. The Kier molecular flexibility index (Phi) is 8.10. The molecule has 1 aliphatic heterocycles. The standard InChI is InChI=1S/C20H34N4O2S/c1-5-21-20(24-12-10-17(4)11-13-24)22-14-18-8-6-7-9-19(18)15-27(25,26)23-16(2)3/h6-9,16-17,23H,5,10-15H2,1-4H3,(H,21,22). The number of benzene rings is 1. The molecule has 0 unspecified atom stereocenters. The van der Waals surface area contributed by atoms with Crippen LogP contribution in [0.15, 0.2) is 29.3 Å². The predicted molar refractivity (Wildman–Crippen MR) is 112 cm³/mol. The Hall–Kier alpha value is -1.60. The van der Waals surface area contributed by atoms with Crippen molar-refractivity contribution in [2.75, 3.05) is 19.6 Å². The summed E-state index contributed by atoms with van der Waals surface area (Å²) in [5, 5.41) is 3.38. The van der Waals surface area contributed by atoms with Crippen LogP contribution in [0.3, 0.4) is 0 Å². The van der Waals surface area contributed by atoms with Gasteiger partial charge in [0.15, 0.2) is 5.96 Å². The number of rotatable bonds is 7. The van der Waals surface area contributed by atoms with Crippen molar-refractivity contribution >= 4 is 16.0 Å². The van der Waals surface area contributed by atoms with Gasteiger partial charge in [0.1, 0.15) is 0 Å². The molecule has 27 heavy (non-hydrogen) atoms. The zero-order valence-electron chi connectivity index (χ0n) is 17.0. The van der Waals surface area contributed by atoms with Gasteiger partial charge in [-0.05, 0) is 50.7 Å². The first-order valence-corrected chi connectivity index (χ1v) is 11.6. The zero-order chi connectivity index (χ0) is 19.9. The molecule has 1 aromatic carbocycles. The summed E-state index contributed by atoms with van der Waals surface area (Å²) in [4.78, 5) is 7.11. The fourth-order valence-corrected chi connectivity index (χ4v) is 4.76. The van der Waals surface area contributed by atoms with Gasteiger partial charge in [0.2, 0.25) is 10.0 Å². The van der Waals surface area contributed by atoms with E-state index in [0.717, 1.165) is 42.6 Å². The first kappa shape index (κ1) is 21.7. The molecule has 1 heterocycles. The molecule has 0 bridgehead atoms. The van der Waals surface area contributed by atoms with Crippen LogP contribution < -0.4 is 10.0 Å². The van der Waals surface area contributed by atoms with E-state index in [4.69, 9.17) is 4.99 Å². The van der Waals surface area contributed by atoms with Gasteiger partial charge in [0, 0.05) is 25.7 Å². The largest absolute Gasteiger partial charge is 0.357 e. The van der Waals surface area contributed by atoms with Gasteiger partial charge >= 0.3 is 0 Å². The third-order valence-corrected chi connectivity index (χ3v) is 6.22. The summed E-state index contributed by atoms with van der Waals surface area (Å²) < 4.78 is 27.3. The maximum atomic E-state index is 12.3. The number of nitrogens with zero attached hydrogens (tertiary/aromatic N) is 2. The normalized spacial score (nSPS) is 16.8. The summed E-state index contributed by atoms with van der Waals surface area (Å²) in [6.07, 6.45) is 2.36. The van der Waals surface area contributed by atoms with Gasteiger partial charge < -0.3 is 10.2 Å². The van der Waals surface area contributed by atoms with E-state index in [1.54, 1.807) is 0 Å².